The molecule has 1 aromatic carbocycles. The van der Waals surface area contributed by atoms with Gasteiger partial charge in [-0.15, -0.1) is 0 Å². The van der Waals surface area contributed by atoms with E-state index in [4.69, 9.17) is 0 Å². The molecule has 0 spiro atoms. The molecule has 0 atom stereocenters. The van der Waals surface area contributed by atoms with Gasteiger partial charge in [-0.05, 0) is 24.1 Å². The van der Waals surface area contributed by atoms with Crippen LogP contribution in [0.15, 0.2) is 29.0 Å². The number of nitrogens with one attached hydrogen (secondary N) is 2. The minimum Gasteiger partial charge on any atom is -0.373 e. The normalized spacial score (nSPS) is 10.7. The van der Waals surface area contributed by atoms with E-state index < -0.39 is 0 Å². The molecule has 0 saturated heterocycles. The molecule has 0 saturated carbocycles. The molecule has 1 heterocycles. The number of hydrogen-bond acceptors (Lipinski definition) is 4. The van der Waals surface area contributed by atoms with Crippen LogP contribution in [0, 0.1) is 5.82 Å². The molecule has 2 rings (SSSR count). The Bertz CT molecular complexity index is 616. The van der Waals surface area contributed by atoms with Crippen LogP contribution in [0.5, 0.6) is 0 Å². The van der Waals surface area contributed by atoms with Crippen molar-refractivity contribution in [3.8, 4) is 0 Å². The Morgan fingerprint density at radius 1 is 1.20 bits per heavy atom. The fourth-order valence-electron chi connectivity index (χ4n) is 1.96. The maximum atomic E-state index is 13.8. The molecule has 106 valence electrons. The number of rotatable bonds is 4. The predicted octanol–water partition coefficient (Wildman–Crippen LogP) is 4.29. The average molecular weight is 339 g/mol. The highest BCUT2D eigenvalue weighted by molar-refractivity contribution is 9.10. The fraction of sp³-hybridized carbons (Fsp3) is 0.286. The lowest BCUT2D eigenvalue weighted by Crippen LogP contribution is -2.07. The van der Waals surface area contributed by atoms with Crippen molar-refractivity contribution in [1.82, 2.24) is 9.97 Å². The van der Waals surface area contributed by atoms with Crippen molar-refractivity contribution < 1.29 is 4.39 Å². The van der Waals surface area contributed by atoms with Gasteiger partial charge in [0.1, 0.15) is 23.8 Å². The molecule has 1 aromatic heterocycles. The van der Waals surface area contributed by atoms with E-state index in [-0.39, 0.29) is 11.7 Å². The van der Waals surface area contributed by atoms with Crippen LogP contribution in [0.1, 0.15) is 25.3 Å². The first-order valence-electron chi connectivity index (χ1n) is 6.27. The van der Waals surface area contributed by atoms with Crippen LogP contribution in [0.25, 0.3) is 0 Å². The lowest BCUT2D eigenvalue weighted by molar-refractivity contribution is 0.631. The van der Waals surface area contributed by atoms with Crippen LogP contribution in [-0.2, 0) is 0 Å². The van der Waals surface area contributed by atoms with Crippen molar-refractivity contribution in [2.45, 2.75) is 19.8 Å². The zero-order valence-corrected chi connectivity index (χ0v) is 13.1. The van der Waals surface area contributed by atoms with Gasteiger partial charge < -0.3 is 10.6 Å². The Morgan fingerprint density at radius 3 is 2.55 bits per heavy atom. The first kappa shape index (κ1) is 14.7. The number of anilines is 3. The monoisotopic (exact) mass is 338 g/mol. The predicted molar refractivity (Wildman–Crippen MR) is 83.1 cm³/mol. The summed E-state index contributed by atoms with van der Waals surface area (Å²) in [6.45, 7) is 4.09. The quantitative estimate of drug-likeness (QED) is 0.873. The number of aromatic nitrogens is 2. The molecule has 0 unspecified atom stereocenters. The summed E-state index contributed by atoms with van der Waals surface area (Å²) in [4.78, 5) is 8.43. The van der Waals surface area contributed by atoms with Crippen LogP contribution >= 0.6 is 15.9 Å². The molecular weight excluding hydrogens is 323 g/mol. The maximum absolute atomic E-state index is 13.8. The van der Waals surface area contributed by atoms with Crippen molar-refractivity contribution in [3.05, 3.63) is 40.4 Å². The van der Waals surface area contributed by atoms with Gasteiger partial charge in [-0.3, -0.25) is 0 Å². The Balaban J connectivity index is 2.45. The maximum Gasteiger partial charge on any atom is 0.146 e. The van der Waals surface area contributed by atoms with E-state index in [0.29, 0.717) is 11.5 Å². The van der Waals surface area contributed by atoms with Crippen LogP contribution in [0.4, 0.5) is 21.7 Å². The molecule has 0 aliphatic heterocycles. The van der Waals surface area contributed by atoms with E-state index in [1.165, 1.54) is 12.4 Å². The van der Waals surface area contributed by atoms with Gasteiger partial charge in [0.15, 0.2) is 0 Å². The summed E-state index contributed by atoms with van der Waals surface area (Å²) in [5.74, 6) is 1.23. The van der Waals surface area contributed by atoms with Crippen molar-refractivity contribution >= 4 is 33.3 Å². The van der Waals surface area contributed by atoms with Gasteiger partial charge in [0.05, 0.1) is 5.69 Å². The molecule has 2 N–H and O–H groups in total. The number of nitrogens with zero attached hydrogens (tertiary/aromatic N) is 2. The number of hydrogen-bond donors (Lipinski definition) is 2. The van der Waals surface area contributed by atoms with Gasteiger partial charge in [0.25, 0.3) is 0 Å². The molecule has 6 heteroatoms. The summed E-state index contributed by atoms with van der Waals surface area (Å²) in [7, 11) is 1.80. The Morgan fingerprint density at radius 2 is 1.90 bits per heavy atom. The summed E-state index contributed by atoms with van der Waals surface area (Å²) in [5, 5.41) is 6.08. The number of halogens is 2. The summed E-state index contributed by atoms with van der Waals surface area (Å²) in [6, 6.07) is 4.74. The number of benzene rings is 1. The summed E-state index contributed by atoms with van der Waals surface area (Å²) >= 11 is 3.33. The smallest absolute Gasteiger partial charge is 0.146 e. The van der Waals surface area contributed by atoms with Crippen molar-refractivity contribution in [2.24, 2.45) is 0 Å². The summed E-state index contributed by atoms with van der Waals surface area (Å²) in [6.07, 6.45) is 1.45. The van der Waals surface area contributed by atoms with Crippen LogP contribution < -0.4 is 10.6 Å². The second-order valence-electron chi connectivity index (χ2n) is 4.64. The Kier molecular flexibility index (Phi) is 4.54. The minimum absolute atomic E-state index is 0.205. The molecule has 0 fully saturated rings. The average Bonchev–Trinajstić information content (AvgIpc) is 2.42. The largest absolute Gasteiger partial charge is 0.373 e. The highest BCUT2D eigenvalue weighted by atomic mass is 79.9. The second kappa shape index (κ2) is 6.17. The standard InChI is InChI=1S/C14H16BrFN4/c1-8(2)12-13(17-3)18-7-19-14(12)20-11-6-9(15)4-5-10(11)16/h4-8H,1-3H3,(H2,17,18,19,20). The summed E-state index contributed by atoms with van der Waals surface area (Å²) in [5.41, 5.74) is 1.30. The fourth-order valence-corrected chi connectivity index (χ4v) is 2.32. The van der Waals surface area contributed by atoms with Crippen molar-refractivity contribution in [1.29, 1.82) is 0 Å². The van der Waals surface area contributed by atoms with Crippen LogP contribution in [0.3, 0.4) is 0 Å². The Labute approximate surface area is 126 Å². The summed E-state index contributed by atoms with van der Waals surface area (Å²) < 4.78 is 14.6. The molecule has 2 aromatic rings. The van der Waals surface area contributed by atoms with Gasteiger partial charge in [0.2, 0.25) is 0 Å². The molecular formula is C14H16BrFN4. The third-order valence-corrected chi connectivity index (χ3v) is 3.37. The van der Waals surface area contributed by atoms with Crippen LogP contribution in [-0.4, -0.2) is 17.0 Å². The van der Waals surface area contributed by atoms with E-state index in [2.05, 4.69) is 36.5 Å². The Hall–Kier alpha value is -1.69. The van der Waals surface area contributed by atoms with E-state index in [1.54, 1.807) is 19.2 Å². The molecule has 4 nitrogen and oxygen atoms in total. The van der Waals surface area contributed by atoms with E-state index in [1.807, 2.05) is 13.8 Å². The van der Waals surface area contributed by atoms with Gasteiger partial charge >= 0.3 is 0 Å². The van der Waals surface area contributed by atoms with Gasteiger partial charge in [-0.2, -0.15) is 0 Å². The zero-order chi connectivity index (χ0) is 14.7. The zero-order valence-electron chi connectivity index (χ0n) is 11.5. The third kappa shape index (κ3) is 3.07. The third-order valence-electron chi connectivity index (χ3n) is 2.88. The van der Waals surface area contributed by atoms with Gasteiger partial charge in [-0.25, -0.2) is 14.4 Å². The molecule has 20 heavy (non-hydrogen) atoms. The molecule has 0 radical (unpaired) electrons. The SMILES string of the molecule is CNc1ncnc(Nc2cc(Br)ccc2F)c1C(C)C. The molecule has 0 aliphatic carbocycles. The van der Waals surface area contributed by atoms with Gasteiger partial charge in [0, 0.05) is 17.1 Å². The molecule has 0 amide bonds. The first-order chi connectivity index (χ1) is 9.52. The van der Waals surface area contributed by atoms with E-state index in [9.17, 15) is 4.39 Å². The molecule has 0 aliphatic rings. The second-order valence-corrected chi connectivity index (χ2v) is 5.55. The first-order valence-corrected chi connectivity index (χ1v) is 7.07. The van der Waals surface area contributed by atoms with Crippen LogP contribution in [0.2, 0.25) is 0 Å². The van der Waals surface area contributed by atoms with Crippen molar-refractivity contribution in [2.75, 3.05) is 17.7 Å². The lowest BCUT2D eigenvalue weighted by Gasteiger charge is -2.17. The van der Waals surface area contributed by atoms with Crippen molar-refractivity contribution in [3.63, 3.8) is 0 Å². The highest BCUT2D eigenvalue weighted by Gasteiger charge is 2.15. The molecule has 0 bridgehead atoms. The highest BCUT2D eigenvalue weighted by Crippen LogP contribution is 2.31. The van der Waals surface area contributed by atoms with E-state index >= 15 is 0 Å². The van der Waals surface area contributed by atoms with E-state index in [0.717, 1.165) is 15.9 Å². The van der Waals surface area contributed by atoms with Gasteiger partial charge in [-0.1, -0.05) is 29.8 Å². The minimum atomic E-state index is -0.326. The lowest BCUT2D eigenvalue weighted by atomic mass is 10.0. The topological polar surface area (TPSA) is 49.8 Å².